The Morgan fingerprint density at radius 1 is 1.05 bits per heavy atom. The number of nitrogens with one attached hydrogen (secondary N) is 2. The van der Waals surface area contributed by atoms with Crippen LogP contribution in [0.4, 0.5) is 0 Å². The summed E-state index contributed by atoms with van der Waals surface area (Å²) in [6.07, 6.45) is 18.1. The lowest BCUT2D eigenvalue weighted by Crippen LogP contribution is -2.37. The number of rotatable bonds is 4. The standard InChI is InChI=1S/C18H27N3O/c22-18(17-12-13-19-21-17)20-16-10-8-15(9-11-16)7-6-14-4-2-1-3-5-14/h6-7,12-16H,1-5,8-11H2,(H,19,21)(H,20,22)/b7-6-/t15-,16+. The van der Waals surface area contributed by atoms with Crippen LogP contribution >= 0.6 is 0 Å². The molecule has 2 aliphatic rings. The second-order valence-corrected chi connectivity index (χ2v) is 6.84. The van der Waals surface area contributed by atoms with Gasteiger partial charge in [0.05, 0.1) is 0 Å². The van der Waals surface area contributed by atoms with Crippen molar-refractivity contribution in [3.63, 3.8) is 0 Å². The number of amides is 1. The van der Waals surface area contributed by atoms with E-state index in [-0.39, 0.29) is 5.91 Å². The van der Waals surface area contributed by atoms with Crippen molar-refractivity contribution in [2.24, 2.45) is 11.8 Å². The zero-order valence-corrected chi connectivity index (χ0v) is 13.3. The van der Waals surface area contributed by atoms with E-state index >= 15 is 0 Å². The fourth-order valence-corrected chi connectivity index (χ4v) is 3.74. The Hall–Kier alpha value is -1.58. The van der Waals surface area contributed by atoms with Crippen molar-refractivity contribution >= 4 is 5.91 Å². The molecule has 4 heteroatoms. The van der Waals surface area contributed by atoms with Crippen molar-refractivity contribution in [2.45, 2.75) is 63.8 Å². The first kappa shape index (κ1) is 15.3. The summed E-state index contributed by atoms with van der Waals surface area (Å²) in [6.45, 7) is 0. The molecule has 3 rings (SSSR count). The normalized spacial score (nSPS) is 27.1. The van der Waals surface area contributed by atoms with Crippen LogP contribution in [-0.2, 0) is 0 Å². The molecule has 0 aliphatic heterocycles. The quantitative estimate of drug-likeness (QED) is 0.830. The molecule has 0 spiro atoms. The van der Waals surface area contributed by atoms with Crippen LogP contribution in [0.5, 0.6) is 0 Å². The average molecular weight is 301 g/mol. The van der Waals surface area contributed by atoms with Gasteiger partial charge in [0.25, 0.3) is 5.91 Å². The number of nitrogens with zero attached hydrogens (tertiary/aromatic N) is 1. The number of hydrogen-bond donors (Lipinski definition) is 2. The van der Waals surface area contributed by atoms with Crippen LogP contribution in [0.1, 0.15) is 68.3 Å². The Morgan fingerprint density at radius 2 is 1.73 bits per heavy atom. The first-order valence-corrected chi connectivity index (χ1v) is 8.80. The van der Waals surface area contributed by atoms with Crippen LogP contribution in [0.15, 0.2) is 24.4 Å². The van der Waals surface area contributed by atoms with Crippen LogP contribution in [-0.4, -0.2) is 22.1 Å². The molecule has 22 heavy (non-hydrogen) atoms. The van der Waals surface area contributed by atoms with Gasteiger partial charge in [0, 0.05) is 12.2 Å². The highest BCUT2D eigenvalue weighted by atomic mass is 16.2. The zero-order valence-electron chi connectivity index (χ0n) is 13.3. The molecule has 1 aromatic heterocycles. The van der Waals surface area contributed by atoms with E-state index in [2.05, 4.69) is 27.7 Å². The molecular formula is C18H27N3O. The van der Waals surface area contributed by atoms with Gasteiger partial charge in [-0.25, -0.2) is 0 Å². The van der Waals surface area contributed by atoms with Crippen molar-refractivity contribution in [3.8, 4) is 0 Å². The Kier molecular flexibility index (Phi) is 5.30. The van der Waals surface area contributed by atoms with Crippen LogP contribution in [0.25, 0.3) is 0 Å². The zero-order chi connectivity index (χ0) is 15.2. The minimum absolute atomic E-state index is 0.0290. The molecule has 120 valence electrons. The number of hydrogen-bond acceptors (Lipinski definition) is 2. The van der Waals surface area contributed by atoms with Crippen molar-refractivity contribution in [3.05, 3.63) is 30.1 Å². The van der Waals surface area contributed by atoms with Gasteiger partial charge in [-0.1, -0.05) is 31.4 Å². The molecule has 1 amide bonds. The van der Waals surface area contributed by atoms with Crippen LogP contribution in [0.2, 0.25) is 0 Å². The van der Waals surface area contributed by atoms with Gasteiger partial charge < -0.3 is 5.32 Å². The van der Waals surface area contributed by atoms with Gasteiger partial charge in [-0.15, -0.1) is 0 Å². The summed E-state index contributed by atoms with van der Waals surface area (Å²) >= 11 is 0. The number of H-pyrrole nitrogens is 1. The van der Waals surface area contributed by atoms with Gasteiger partial charge in [-0.2, -0.15) is 5.10 Å². The molecule has 2 saturated carbocycles. The third-order valence-corrected chi connectivity index (χ3v) is 5.16. The summed E-state index contributed by atoms with van der Waals surface area (Å²) < 4.78 is 0. The van der Waals surface area contributed by atoms with Gasteiger partial charge >= 0.3 is 0 Å². The molecule has 0 radical (unpaired) electrons. The summed E-state index contributed by atoms with van der Waals surface area (Å²) in [6, 6.07) is 2.03. The molecule has 0 atom stereocenters. The maximum absolute atomic E-state index is 12.0. The summed E-state index contributed by atoms with van der Waals surface area (Å²) in [5.41, 5.74) is 0.555. The van der Waals surface area contributed by atoms with E-state index in [1.54, 1.807) is 12.3 Å². The molecule has 2 N–H and O–H groups in total. The lowest BCUT2D eigenvalue weighted by Gasteiger charge is -2.28. The van der Waals surface area contributed by atoms with Gasteiger partial charge in [0.1, 0.15) is 5.69 Å². The highest BCUT2D eigenvalue weighted by Crippen LogP contribution is 2.29. The summed E-state index contributed by atoms with van der Waals surface area (Å²) in [5, 5.41) is 9.65. The molecule has 2 fully saturated rings. The predicted octanol–water partition coefficient (Wildman–Crippen LogP) is 3.83. The molecule has 0 bridgehead atoms. The number of carbonyl (C=O) groups excluding carboxylic acids is 1. The van der Waals surface area contributed by atoms with Crippen molar-refractivity contribution < 1.29 is 4.79 Å². The predicted molar refractivity (Wildman–Crippen MR) is 87.5 cm³/mol. The second kappa shape index (κ2) is 7.61. The van der Waals surface area contributed by atoms with Gasteiger partial charge in [0.15, 0.2) is 0 Å². The van der Waals surface area contributed by atoms with Crippen molar-refractivity contribution in [2.75, 3.05) is 0 Å². The third kappa shape index (κ3) is 4.21. The Morgan fingerprint density at radius 3 is 2.36 bits per heavy atom. The summed E-state index contributed by atoms with van der Waals surface area (Å²) in [7, 11) is 0. The lowest BCUT2D eigenvalue weighted by molar-refractivity contribution is 0.0919. The highest BCUT2D eigenvalue weighted by Gasteiger charge is 2.22. The molecule has 0 unspecified atom stereocenters. The number of allylic oxidation sites excluding steroid dienone is 2. The van der Waals surface area contributed by atoms with E-state index in [1.807, 2.05) is 0 Å². The lowest BCUT2D eigenvalue weighted by atomic mass is 9.83. The van der Waals surface area contributed by atoms with E-state index in [0.29, 0.717) is 17.7 Å². The average Bonchev–Trinajstić information content (AvgIpc) is 3.10. The first-order valence-electron chi connectivity index (χ1n) is 8.80. The van der Waals surface area contributed by atoms with Crippen molar-refractivity contribution in [1.29, 1.82) is 0 Å². The fourth-order valence-electron chi connectivity index (χ4n) is 3.74. The molecule has 2 aliphatic carbocycles. The Balaban J connectivity index is 1.40. The van der Waals surface area contributed by atoms with E-state index < -0.39 is 0 Å². The van der Waals surface area contributed by atoms with Gasteiger partial charge in [-0.3, -0.25) is 9.89 Å². The monoisotopic (exact) mass is 301 g/mol. The highest BCUT2D eigenvalue weighted by molar-refractivity contribution is 5.92. The molecule has 0 saturated heterocycles. The van der Waals surface area contributed by atoms with Crippen LogP contribution in [0, 0.1) is 11.8 Å². The Bertz CT molecular complexity index is 480. The molecule has 0 aromatic carbocycles. The van der Waals surface area contributed by atoms with E-state index in [0.717, 1.165) is 18.8 Å². The number of aromatic amines is 1. The van der Waals surface area contributed by atoms with Gasteiger partial charge in [0.2, 0.25) is 0 Å². The van der Waals surface area contributed by atoms with E-state index in [4.69, 9.17) is 0 Å². The summed E-state index contributed by atoms with van der Waals surface area (Å²) in [5.74, 6) is 1.51. The second-order valence-electron chi connectivity index (χ2n) is 6.84. The Labute approximate surface area is 132 Å². The molecule has 1 heterocycles. The minimum Gasteiger partial charge on any atom is -0.348 e. The third-order valence-electron chi connectivity index (χ3n) is 5.16. The summed E-state index contributed by atoms with van der Waals surface area (Å²) in [4.78, 5) is 12.0. The van der Waals surface area contributed by atoms with Crippen molar-refractivity contribution in [1.82, 2.24) is 15.5 Å². The molecule has 4 nitrogen and oxygen atoms in total. The first-order chi connectivity index (χ1) is 10.8. The van der Waals surface area contributed by atoms with E-state index in [9.17, 15) is 4.79 Å². The molecular weight excluding hydrogens is 274 g/mol. The maximum Gasteiger partial charge on any atom is 0.269 e. The largest absolute Gasteiger partial charge is 0.348 e. The smallest absolute Gasteiger partial charge is 0.269 e. The van der Waals surface area contributed by atoms with E-state index in [1.165, 1.54) is 44.9 Å². The topological polar surface area (TPSA) is 57.8 Å². The minimum atomic E-state index is -0.0290. The number of carbonyl (C=O) groups is 1. The maximum atomic E-state index is 12.0. The molecule has 1 aromatic rings. The fraction of sp³-hybridized carbons (Fsp3) is 0.667. The van der Waals surface area contributed by atoms with Gasteiger partial charge in [-0.05, 0) is 56.4 Å². The van der Waals surface area contributed by atoms with Crippen LogP contribution in [0.3, 0.4) is 0 Å². The SMILES string of the molecule is O=C(N[C@H]1CC[C@@H](/C=C\C2CCCCC2)CC1)c1ccn[nH]1. The number of aromatic nitrogens is 2. The van der Waals surface area contributed by atoms with Crippen LogP contribution < -0.4 is 5.32 Å².